The molecule has 2 aliphatic heterocycles. The fraction of sp³-hybridized carbons (Fsp3) is 0.481. The van der Waals surface area contributed by atoms with Crippen LogP contribution in [0.5, 0.6) is 5.75 Å². The molecule has 2 fully saturated rings. The maximum absolute atomic E-state index is 13.1. The van der Waals surface area contributed by atoms with Gasteiger partial charge in [-0.05, 0) is 62.4 Å². The fourth-order valence-electron chi connectivity index (χ4n) is 4.89. The van der Waals surface area contributed by atoms with Crippen molar-refractivity contribution >= 4 is 44.8 Å². The van der Waals surface area contributed by atoms with Gasteiger partial charge >= 0.3 is 0 Å². The second-order valence-electron chi connectivity index (χ2n) is 9.92. The normalized spacial score (nSPS) is 20.3. The number of amides is 2. The maximum Gasteiger partial charge on any atom is 0.247 e. The average molecular weight is 563 g/mol. The molecule has 4 rings (SSSR count). The molecular weight excluding hydrogens is 528 g/mol. The summed E-state index contributed by atoms with van der Waals surface area (Å²) >= 11 is 6.53. The molecule has 2 atom stereocenters. The molecule has 9 nitrogen and oxygen atoms in total. The Kier molecular flexibility index (Phi) is 9.17. The lowest BCUT2D eigenvalue weighted by Crippen LogP contribution is -2.52. The van der Waals surface area contributed by atoms with Gasteiger partial charge in [0.05, 0.1) is 24.4 Å². The van der Waals surface area contributed by atoms with Crippen LogP contribution in [0.2, 0.25) is 5.02 Å². The molecule has 0 aliphatic carbocycles. The van der Waals surface area contributed by atoms with Crippen LogP contribution in [0.1, 0.15) is 32.1 Å². The van der Waals surface area contributed by atoms with Crippen molar-refractivity contribution in [1.29, 1.82) is 0 Å². The molecule has 0 aromatic heterocycles. The van der Waals surface area contributed by atoms with E-state index in [1.54, 1.807) is 18.2 Å². The maximum atomic E-state index is 13.1. The number of likely N-dealkylation sites (tertiary alicyclic amines) is 1. The first-order valence-corrected chi connectivity index (χ1v) is 15.1. The standard InChI is InChI=1S/C27H35ClN4O5S/c1-30(38(2,35)36)19-26(33)32-16-7-6-12-24(32)27(34)29-20-13-14-25(23(28)17-20)37-22-11-8-15-31(18-22)21-9-4-3-5-10-21/h3-5,9-10,13-14,17,22,24H,6-8,11-12,15-16,18-19H2,1-2H3,(H,29,34)/t22-,24+/m0/s1. The Morgan fingerprint density at radius 2 is 1.84 bits per heavy atom. The van der Waals surface area contributed by atoms with Gasteiger partial charge in [0.25, 0.3) is 0 Å². The Hall–Kier alpha value is -2.82. The lowest BCUT2D eigenvalue weighted by Gasteiger charge is -2.35. The predicted molar refractivity (Wildman–Crippen MR) is 149 cm³/mol. The number of rotatable bonds is 8. The van der Waals surface area contributed by atoms with Crippen molar-refractivity contribution in [2.75, 3.05) is 49.7 Å². The van der Waals surface area contributed by atoms with Crippen LogP contribution in [-0.2, 0) is 19.6 Å². The average Bonchev–Trinajstić information content (AvgIpc) is 2.90. The summed E-state index contributed by atoms with van der Waals surface area (Å²) in [6.45, 7) is 1.85. The van der Waals surface area contributed by atoms with Gasteiger partial charge in [0.2, 0.25) is 21.8 Å². The highest BCUT2D eigenvalue weighted by Crippen LogP contribution is 2.31. The number of ether oxygens (including phenoxy) is 1. The summed E-state index contributed by atoms with van der Waals surface area (Å²) in [6.07, 6.45) is 5.06. The third-order valence-electron chi connectivity index (χ3n) is 7.04. The van der Waals surface area contributed by atoms with E-state index in [1.807, 2.05) is 18.2 Å². The molecule has 2 heterocycles. The number of halogens is 1. The second-order valence-corrected chi connectivity index (χ2v) is 12.4. The zero-order valence-electron chi connectivity index (χ0n) is 21.8. The van der Waals surface area contributed by atoms with Crippen LogP contribution in [-0.4, -0.2) is 81.1 Å². The molecule has 0 bridgehead atoms. The minimum Gasteiger partial charge on any atom is -0.487 e. The number of nitrogens with one attached hydrogen (secondary N) is 1. The molecule has 0 radical (unpaired) electrons. The Bertz CT molecular complexity index is 1240. The largest absolute Gasteiger partial charge is 0.487 e. The summed E-state index contributed by atoms with van der Waals surface area (Å²) in [5.74, 6) is -0.157. The van der Waals surface area contributed by atoms with E-state index in [0.717, 1.165) is 49.3 Å². The molecule has 2 aromatic rings. The van der Waals surface area contributed by atoms with Gasteiger partial charge in [-0.1, -0.05) is 29.8 Å². The second kappa shape index (κ2) is 12.4. The summed E-state index contributed by atoms with van der Waals surface area (Å²) in [7, 11) is -2.15. The molecule has 206 valence electrons. The number of hydrogen-bond acceptors (Lipinski definition) is 6. The highest BCUT2D eigenvalue weighted by Gasteiger charge is 2.33. The lowest BCUT2D eigenvalue weighted by atomic mass is 10.0. The monoisotopic (exact) mass is 562 g/mol. The number of carbonyl (C=O) groups excluding carboxylic acids is 2. The van der Waals surface area contributed by atoms with E-state index < -0.39 is 22.0 Å². The molecule has 11 heteroatoms. The number of hydrogen-bond donors (Lipinski definition) is 1. The molecule has 0 saturated carbocycles. The summed E-state index contributed by atoms with van der Waals surface area (Å²) < 4.78 is 30.7. The van der Waals surface area contributed by atoms with Gasteiger partial charge in [0.1, 0.15) is 17.9 Å². The topological polar surface area (TPSA) is 99.3 Å². The Morgan fingerprint density at radius 3 is 2.55 bits per heavy atom. The summed E-state index contributed by atoms with van der Waals surface area (Å²) in [5.41, 5.74) is 1.68. The number of nitrogens with zero attached hydrogens (tertiary/aromatic N) is 3. The van der Waals surface area contributed by atoms with Gasteiger partial charge in [0, 0.05) is 31.5 Å². The van der Waals surface area contributed by atoms with Crippen molar-refractivity contribution in [3.05, 3.63) is 53.6 Å². The molecule has 0 unspecified atom stereocenters. The van der Waals surface area contributed by atoms with Crippen molar-refractivity contribution in [3.8, 4) is 5.75 Å². The van der Waals surface area contributed by atoms with E-state index in [1.165, 1.54) is 17.6 Å². The number of benzene rings is 2. The zero-order valence-corrected chi connectivity index (χ0v) is 23.4. The van der Waals surface area contributed by atoms with Crippen molar-refractivity contribution in [3.63, 3.8) is 0 Å². The molecular formula is C27H35ClN4O5S. The van der Waals surface area contributed by atoms with E-state index in [9.17, 15) is 18.0 Å². The first kappa shape index (κ1) is 28.2. The van der Waals surface area contributed by atoms with Gasteiger partial charge < -0.3 is 19.9 Å². The Balaban J connectivity index is 1.37. The van der Waals surface area contributed by atoms with Gasteiger partial charge in [-0.15, -0.1) is 0 Å². The zero-order chi connectivity index (χ0) is 27.3. The van der Waals surface area contributed by atoms with Crippen molar-refractivity contribution in [2.45, 2.75) is 44.2 Å². The van der Waals surface area contributed by atoms with Crippen LogP contribution < -0.4 is 15.0 Å². The first-order valence-electron chi connectivity index (χ1n) is 12.9. The third kappa shape index (κ3) is 7.18. The minimum absolute atomic E-state index is 0.00577. The summed E-state index contributed by atoms with van der Waals surface area (Å²) in [5, 5.41) is 3.26. The number of sulfonamides is 1. The quantitative estimate of drug-likeness (QED) is 0.528. The van der Waals surface area contributed by atoms with E-state index in [2.05, 4.69) is 22.3 Å². The molecule has 2 aliphatic rings. The summed E-state index contributed by atoms with van der Waals surface area (Å²) in [6, 6.07) is 14.7. The Morgan fingerprint density at radius 1 is 1.08 bits per heavy atom. The van der Waals surface area contributed by atoms with E-state index in [4.69, 9.17) is 16.3 Å². The molecule has 2 amide bonds. The van der Waals surface area contributed by atoms with Crippen LogP contribution >= 0.6 is 11.6 Å². The lowest BCUT2D eigenvalue weighted by molar-refractivity contribution is -0.140. The van der Waals surface area contributed by atoms with Gasteiger partial charge in [0.15, 0.2) is 0 Å². The molecule has 0 spiro atoms. The molecule has 2 aromatic carbocycles. The number of para-hydroxylation sites is 1. The van der Waals surface area contributed by atoms with Crippen molar-refractivity contribution in [2.24, 2.45) is 0 Å². The molecule has 2 saturated heterocycles. The van der Waals surface area contributed by atoms with Crippen molar-refractivity contribution < 1.29 is 22.7 Å². The number of piperidine rings is 2. The fourth-order valence-corrected chi connectivity index (χ4v) is 5.46. The first-order chi connectivity index (χ1) is 18.1. The van der Waals surface area contributed by atoms with Gasteiger partial charge in [-0.2, -0.15) is 4.31 Å². The van der Waals surface area contributed by atoms with Gasteiger partial charge in [-0.25, -0.2) is 8.42 Å². The Labute approximate surface area is 229 Å². The number of carbonyl (C=O) groups is 2. The third-order valence-corrected chi connectivity index (χ3v) is 8.60. The number of likely N-dealkylation sites (N-methyl/N-ethyl adjacent to an activating group) is 1. The molecule has 1 N–H and O–H groups in total. The van der Waals surface area contributed by atoms with Crippen LogP contribution in [0.4, 0.5) is 11.4 Å². The van der Waals surface area contributed by atoms with E-state index in [0.29, 0.717) is 29.4 Å². The van der Waals surface area contributed by atoms with Crippen molar-refractivity contribution in [1.82, 2.24) is 9.21 Å². The highest BCUT2D eigenvalue weighted by atomic mass is 35.5. The summed E-state index contributed by atoms with van der Waals surface area (Å²) in [4.78, 5) is 29.7. The van der Waals surface area contributed by atoms with E-state index >= 15 is 0 Å². The SMILES string of the molecule is CN(CC(=O)N1CCCC[C@@H]1C(=O)Nc1ccc(O[C@H]2CCCN(c3ccccc3)C2)c(Cl)c1)S(C)(=O)=O. The van der Waals surface area contributed by atoms with Crippen LogP contribution in [0.15, 0.2) is 48.5 Å². The predicted octanol–water partition coefficient (Wildman–Crippen LogP) is 3.60. The van der Waals surface area contributed by atoms with Crippen LogP contribution in [0.25, 0.3) is 0 Å². The minimum atomic E-state index is -3.50. The van der Waals surface area contributed by atoms with Gasteiger partial charge in [-0.3, -0.25) is 9.59 Å². The van der Waals surface area contributed by atoms with Crippen LogP contribution in [0, 0.1) is 0 Å². The van der Waals surface area contributed by atoms with E-state index in [-0.39, 0.29) is 18.6 Å². The molecule has 38 heavy (non-hydrogen) atoms. The highest BCUT2D eigenvalue weighted by molar-refractivity contribution is 7.88. The number of anilines is 2. The van der Waals surface area contributed by atoms with Crippen LogP contribution in [0.3, 0.4) is 0 Å². The smallest absolute Gasteiger partial charge is 0.247 e.